The normalized spacial score (nSPS) is 16.7. The number of thiophene rings is 1. The van der Waals surface area contributed by atoms with Crippen LogP contribution in [0.3, 0.4) is 0 Å². The quantitative estimate of drug-likeness (QED) is 0.542. The first kappa shape index (κ1) is 21.6. The molecule has 4 rings (SSSR count). The molecule has 0 radical (unpaired) electrons. The van der Waals surface area contributed by atoms with Crippen LogP contribution >= 0.6 is 11.3 Å². The van der Waals surface area contributed by atoms with Crippen LogP contribution in [0.5, 0.6) is 0 Å². The van der Waals surface area contributed by atoms with Gasteiger partial charge in [0.25, 0.3) is 0 Å². The molecule has 1 saturated heterocycles. The van der Waals surface area contributed by atoms with Crippen LogP contribution in [0.1, 0.15) is 50.0 Å². The summed E-state index contributed by atoms with van der Waals surface area (Å²) in [5.74, 6) is 0.579. The Labute approximate surface area is 183 Å². The fraction of sp³-hybridized carbons (Fsp3) is 0.478. The van der Waals surface area contributed by atoms with E-state index < -0.39 is 10.0 Å². The second-order valence-corrected chi connectivity index (χ2v) is 11.8. The molecule has 0 saturated carbocycles. The molecular weight excluding hydrogens is 414 g/mol. The number of rotatable bonds is 7. The summed E-state index contributed by atoms with van der Waals surface area (Å²) >= 11 is 1.84. The van der Waals surface area contributed by atoms with Crippen molar-refractivity contribution in [2.45, 2.75) is 52.1 Å². The highest BCUT2D eigenvalue weighted by atomic mass is 32.2. The van der Waals surface area contributed by atoms with Gasteiger partial charge < -0.3 is 10.3 Å². The number of fused-ring (bicyclic) bond motifs is 1. The number of H-pyrrole nitrogens is 1. The number of nitrogens with one attached hydrogen (secondary N) is 2. The Morgan fingerprint density at radius 3 is 2.67 bits per heavy atom. The molecule has 0 unspecified atom stereocenters. The van der Waals surface area contributed by atoms with Gasteiger partial charge in [-0.05, 0) is 61.1 Å². The molecule has 3 heterocycles. The minimum atomic E-state index is -3.08. The van der Waals surface area contributed by atoms with Gasteiger partial charge >= 0.3 is 0 Å². The molecule has 0 atom stereocenters. The third kappa shape index (κ3) is 4.49. The Balaban J connectivity index is 1.54. The van der Waals surface area contributed by atoms with E-state index in [0.29, 0.717) is 25.0 Å². The summed E-state index contributed by atoms with van der Waals surface area (Å²) in [7, 11) is -3.08. The zero-order valence-electron chi connectivity index (χ0n) is 17.9. The number of nitrogens with zero attached hydrogens (tertiary/aromatic N) is 1. The molecule has 1 aliphatic heterocycles. The summed E-state index contributed by atoms with van der Waals surface area (Å²) in [5, 5.41) is 4.74. The number of hydrogen-bond donors (Lipinski definition) is 2. The maximum atomic E-state index is 12.2. The van der Waals surface area contributed by atoms with Gasteiger partial charge in [-0.3, -0.25) is 0 Å². The third-order valence-electron chi connectivity index (χ3n) is 6.00. The van der Waals surface area contributed by atoms with Crippen LogP contribution < -0.4 is 5.32 Å². The predicted octanol–water partition coefficient (Wildman–Crippen LogP) is 4.92. The molecule has 7 heteroatoms. The lowest BCUT2D eigenvalue weighted by Gasteiger charge is -2.30. The average molecular weight is 446 g/mol. The van der Waals surface area contributed by atoms with Crippen molar-refractivity contribution in [1.82, 2.24) is 14.6 Å². The van der Waals surface area contributed by atoms with Crippen LogP contribution in [-0.4, -0.2) is 42.6 Å². The van der Waals surface area contributed by atoms with Gasteiger partial charge in [0.05, 0.1) is 5.75 Å². The van der Waals surface area contributed by atoms with Crippen LogP contribution in [0.2, 0.25) is 0 Å². The second-order valence-electron chi connectivity index (χ2n) is 8.38. The average Bonchev–Trinajstić information content (AvgIpc) is 3.39. The van der Waals surface area contributed by atoms with Crippen molar-refractivity contribution >= 4 is 32.3 Å². The van der Waals surface area contributed by atoms with E-state index in [0.717, 1.165) is 24.9 Å². The van der Waals surface area contributed by atoms with Crippen molar-refractivity contribution in [2.75, 3.05) is 18.8 Å². The van der Waals surface area contributed by atoms with E-state index in [1.54, 1.807) is 11.2 Å². The molecule has 2 aromatic heterocycles. The number of sulfonamides is 1. The van der Waals surface area contributed by atoms with E-state index in [2.05, 4.69) is 60.7 Å². The molecule has 1 aliphatic rings. The lowest BCUT2D eigenvalue weighted by atomic mass is 9.89. The van der Waals surface area contributed by atoms with Gasteiger partial charge in [-0.2, -0.15) is 0 Å². The number of benzene rings is 1. The van der Waals surface area contributed by atoms with E-state index in [9.17, 15) is 8.42 Å². The van der Waals surface area contributed by atoms with Crippen molar-refractivity contribution in [3.05, 3.63) is 47.0 Å². The van der Waals surface area contributed by atoms with Gasteiger partial charge in [0.1, 0.15) is 0 Å². The van der Waals surface area contributed by atoms with Crippen molar-refractivity contribution in [3.8, 4) is 10.4 Å². The van der Waals surface area contributed by atoms with Crippen LogP contribution in [0.15, 0.2) is 36.5 Å². The van der Waals surface area contributed by atoms with Gasteiger partial charge in [-0.25, -0.2) is 12.7 Å². The smallest absolute Gasteiger partial charge is 0.213 e. The van der Waals surface area contributed by atoms with Gasteiger partial charge in [0, 0.05) is 52.5 Å². The van der Waals surface area contributed by atoms with E-state index in [4.69, 9.17) is 0 Å². The lowest BCUT2D eigenvalue weighted by molar-refractivity contribution is 0.321. The highest BCUT2D eigenvalue weighted by Gasteiger charge is 2.28. The highest BCUT2D eigenvalue weighted by Crippen LogP contribution is 2.37. The molecule has 0 aliphatic carbocycles. The van der Waals surface area contributed by atoms with Crippen molar-refractivity contribution in [1.29, 1.82) is 0 Å². The van der Waals surface area contributed by atoms with Crippen LogP contribution in [0.25, 0.3) is 21.3 Å². The maximum absolute atomic E-state index is 12.2. The SMILES string of the molecule is CCS(=O)(=O)N1CCC(c2c[nH]c3ccc(-c4ccc(CNC(C)C)s4)cc23)CC1. The first-order chi connectivity index (χ1) is 14.4. The number of hydrogen-bond acceptors (Lipinski definition) is 4. The van der Waals surface area contributed by atoms with Crippen molar-refractivity contribution < 1.29 is 8.42 Å². The van der Waals surface area contributed by atoms with E-state index in [1.807, 2.05) is 11.3 Å². The molecule has 1 fully saturated rings. The highest BCUT2D eigenvalue weighted by molar-refractivity contribution is 7.89. The minimum Gasteiger partial charge on any atom is -0.361 e. The molecular formula is C23H31N3O2S2. The van der Waals surface area contributed by atoms with Crippen LogP contribution in [0.4, 0.5) is 0 Å². The summed E-state index contributed by atoms with van der Waals surface area (Å²) in [6.07, 6.45) is 3.87. The van der Waals surface area contributed by atoms with Gasteiger partial charge in [0.2, 0.25) is 10.0 Å². The zero-order valence-corrected chi connectivity index (χ0v) is 19.6. The molecule has 1 aromatic carbocycles. The lowest BCUT2D eigenvalue weighted by Crippen LogP contribution is -2.38. The largest absolute Gasteiger partial charge is 0.361 e. The number of aromatic amines is 1. The summed E-state index contributed by atoms with van der Waals surface area (Å²) < 4.78 is 26.0. The standard InChI is InChI=1S/C23H31N3O2S2/c1-4-30(27,28)26-11-9-17(10-12-26)21-15-25-22-7-5-18(13-20(21)22)23-8-6-19(29-23)14-24-16(2)3/h5-8,13,15-17,24-25H,4,9-12,14H2,1-3H3. The maximum Gasteiger partial charge on any atom is 0.213 e. The monoisotopic (exact) mass is 445 g/mol. The number of piperidine rings is 1. The molecule has 0 bridgehead atoms. The Morgan fingerprint density at radius 1 is 1.20 bits per heavy atom. The van der Waals surface area contributed by atoms with Gasteiger partial charge in [-0.15, -0.1) is 11.3 Å². The van der Waals surface area contributed by atoms with Crippen molar-refractivity contribution in [2.24, 2.45) is 0 Å². The fourth-order valence-electron chi connectivity index (χ4n) is 4.19. The summed E-state index contributed by atoms with van der Waals surface area (Å²) in [4.78, 5) is 6.05. The summed E-state index contributed by atoms with van der Waals surface area (Å²) in [6, 6.07) is 11.5. The van der Waals surface area contributed by atoms with Gasteiger partial charge in [0.15, 0.2) is 0 Å². The molecule has 2 N–H and O–H groups in total. The first-order valence-electron chi connectivity index (χ1n) is 10.8. The Kier molecular flexibility index (Phi) is 6.34. The zero-order chi connectivity index (χ0) is 21.3. The first-order valence-corrected chi connectivity index (χ1v) is 13.2. The second kappa shape index (κ2) is 8.83. The van der Waals surface area contributed by atoms with Crippen LogP contribution in [-0.2, 0) is 16.6 Å². The van der Waals surface area contributed by atoms with Crippen LogP contribution in [0, 0.1) is 0 Å². The summed E-state index contributed by atoms with van der Waals surface area (Å²) in [6.45, 7) is 8.18. The Bertz CT molecular complexity index is 1110. The molecule has 30 heavy (non-hydrogen) atoms. The van der Waals surface area contributed by atoms with E-state index in [-0.39, 0.29) is 5.75 Å². The van der Waals surface area contributed by atoms with E-state index in [1.165, 1.54) is 26.3 Å². The topological polar surface area (TPSA) is 65.2 Å². The molecule has 5 nitrogen and oxygen atoms in total. The van der Waals surface area contributed by atoms with Crippen molar-refractivity contribution in [3.63, 3.8) is 0 Å². The van der Waals surface area contributed by atoms with E-state index >= 15 is 0 Å². The molecule has 3 aromatic rings. The van der Waals surface area contributed by atoms with Gasteiger partial charge in [-0.1, -0.05) is 19.9 Å². The molecule has 162 valence electrons. The molecule has 0 amide bonds. The Morgan fingerprint density at radius 2 is 1.97 bits per heavy atom. The third-order valence-corrected chi connectivity index (χ3v) is 9.01. The Hall–Kier alpha value is -1.67. The fourth-order valence-corrected chi connectivity index (χ4v) is 6.28. The summed E-state index contributed by atoms with van der Waals surface area (Å²) in [5.41, 5.74) is 3.71. The minimum absolute atomic E-state index is 0.184. The number of aromatic nitrogens is 1. The predicted molar refractivity (Wildman–Crippen MR) is 127 cm³/mol. The molecule has 0 spiro atoms.